The average Bonchev–Trinajstić information content (AvgIpc) is 2.37. The summed E-state index contributed by atoms with van der Waals surface area (Å²) in [4.78, 5) is 11.2. The zero-order chi connectivity index (χ0) is 13.0. The molecule has 18 heavy (non-hydrogen) atoms. The van der Waals surface area contributed by atoms with Crippen LogP contribution in [-0.2, 0) is 6.54 Å². The lowest BCUT2D eigenvalue weighted by Crippen LogP contribution is -2.35. The molecule has 4 nitrogen and oxygen atoms in total. The third-order valence-corrected chi connectivity index (χ3v) is 3.15. The van der Waals surface area contributed by atoms with E-state index >= 15 is 0 Å². The zero-order valence-electron chi connectivity index (χ0n) is 11.7. The van der Waals surface area contributed by atoms with Crippen molar-refractivity contribution in [1.29, 1.82) is 0 Å². The fraction of sp³-hybridized carbons (Fsp3) is 0.714. The van der Waals surface area contributed by atoms with E-state index in [1.807, 2.05) is 12.4 Å². The number of rotatable bonds is 3. The molecule has 0 atom stereocenters. The van der Waals surface area contributed by atoms with Gasteiger partial charge >= 0.3 is 0 Å². The van der Waals surface area contributed by atoms with Gasteiger partial charge in [0.15, 0.2) is 0 Å². The lowest BCUT2D eigenvalue weighted by Gasteiger charge is -2.26. The molecule has 100 valence electrons. The minimum atomic E-state index is 0.130. The highest BCUT2D eigenvalue weighted by Gasteiger charge is 2.13. The molecule has 0 amide bonds. The Labute approximate surface area is 110 Å². The van der Waals surface area contributed by atoms with E-state index in [1.165, 1.54) is 19.3 Å². The summed E-state index contributed by atoms with van der Waals surface area (Å²) in [5.74, 6) is 0.884. The van der Waals surface area contributed by atoms with Crippen LogP contribution in [0.1, 0.15) is 45.6 Å². The van der Waals surface area contributed by atoms with Crippen molar-refractivity contribution in [1.82, 2.24) is 15.3 Å². The maximum Gasteiger partial charge on any atom is 0.225 e. The van der Waals surface area contributed by atoms with E-state index in [2.05, 4.69) is 41.0 Å². The monoisotopic (exact) mass is 248 g/mol. The van der Waals surface area contributed by atoms with Crippen molar-refractivity contribution in [3.8, 4) is 0 Å². The van der Waals surface area contributed by atoms with Gasteiger partial charge in [0.25, 0.3) is 0 Å². The van der Waals surface area contributed by atoms with Gasteiger partial charge in [-0.1, -0.05) is 0 Å². The maximum absolute atomic E-state index is 4.48. The van der Waals surface area contributed by atoms with Gasteiger partial charge in [-0.2, -0.15) is 0 Å². The Kier molecular flexibility index (Phi) is 4.17. The van der Waals surface area contributed by atoms with Gasteiger partial charge in [0.05, 0.1) is 0 Å². The lowest BCUT2D eigenvalue weighted by atomic mass is 10.1. The molecule has 0 radical (unpaired) electrons. The van der Waals surface area contributed by atoms with E-state index in [9.17, 15) is 0 Å². The van der Waals surface area contributed by atoms with E-state index in [1.54, 1.807) is 0 Å². The molecule has 0 aromatic carbocycles. The van der Waals surface area contributed by atoms with Crippen LogP contribution in [0.15, 0.2) is 12.4 Å². The molecule has 1 aromatic rings. The number of nitrogens with one attached hydrogen (secondary N) is 1. The smallest absolute Gasteiger partial charge is 0.225 e. The maximum atomic E-state index is 4.48. The molecule has 2 heterocycles. The van der Waals surface area contributed by atoms with Crippen LogP contribution < -0.4 is 10.2 Å². The van der Waals surface area contributed by atoms with Crippen molar-refractivity contribution in [2.24, 2.45) is 0 Å². The second-order valence-corrected chi connectivity index (χ2v) is 6.04. The lowest BCUT2D eigenvalue weighted by molar-refractivity contribution is 0.423. The van der Waals surface area contributed by atoms with Gasteiger partial charge in [-0.25, -0.2) is 9.97 Å². The number of aromatic nitrogens is 2. The first kappa shape index (κ1) is 13.3. The standard InChI is InChI=1S/C14H24N4/c1-14(2,3)17-11-12-9-15-13(16-10-12)18-7-5-4-6-8-18/h9-10,17H,4-8,11H2,1-3H3. The van der Waals surface area contributed by atoms with Crippen LogP contribution in [0.2, 0.25) is 0 Å². The molecule has 1 aliphatic rings. The van der Waals surface area contributed by atoms with E-state index in [0.717, 1.165) is 31.1 Å². The highest BCUT2D eigenvalue weighted by atomic mass is 15.2. The summed E-state index contributed by atoms with van der Waals surface area (Å²) >= 11 is 0. The summed E-state index contributed by atoms with van der Waals surface area (Å²) in [6.07, 6.45) is 7.74. The molecule has 1 N–H and O–H groups in total. The Morgan fingerprint density at radius 3 is 2.28 bits per heavy atom. The van der Waals surface area contributed by atoms with Crippen LogP contribution >= 0.6 is 0 Å². The van der Waals surface area contributed by atoms with Crippen LogP contribution in [-0.4, -0.2) is 28.6 Å². The van der Waals surface area contributed by atoms with E-state index in [4.69, 9.17) is 0 Å². The number of nitrogens with zero attached hydrogens (tertiary/aromatic N) is 3. The molecular weight excluding hydrogens is 224 g/mol. The van der Waals surface area contributed by atoms with Crippen LogP contribution in [0.5, 0.6) is 0 Å². The molecule has 1 aromatic heterocycles. The first-order chi connectivity index (χ1) is 8.54. The molecule has 0 aliphatic carbocycles. The predicted molar refractivity (Wildman–Crippen MR) is 74.7 cm³/mol. The third-order valence-electron chi connectivity index (χ3n) is 3.15. The molecular formula is C14H24N4. The molecule has 0 saturated carbocycles. The molecule has 0 spiro atoms. The number of anilines is 1. The highest BCUT2D eigenvalue weighted by molar-refractivity contribution is 5.30. The van der Waals surface area contributed by atoms with Gasteiger partial charge in [-0.3, -0.25) is 0 Å². The summed E-state index contributed by atoms with van der Waals surface area (Å²) in [5, 5.41) is 3.44. The van der Waals surface area contributed by atoms with Crippen molar-refractivity contribution in [2.45, 2.75) is 52.1 Å². The largest absolute Gasteiger partial charge is 0.341 e. The Morgan fingerprint density at radius 2 is 1.72 bits per heavy atom. The molecule has 2 rings (SSSR count). The van der Waals surface area contributed by atoms with Crippen LogP contribution in [0.25, 0.3) is 0 Å². The fourth-order valence-corrected chi connectivity index (χ4v) is 2.06. The van der Waals surface area contributed by atoms with Crippen LogP contribution in [0.3, 0.4) is 0 Å². The first-order valence-electron chi connectivity index (χ1n) is 6.85. The molecule has 0 unspecified atom stereocenters. The van der Waals surface area contributed by atoms with Gasteiger partial charge < -0.3 is 10.2 Å². The molecule has 4 heteroatoms. The predicted octanol–water partition coefficient (Wildman–Crippen LogP) is 2.36. The summed E-state index contributed by atoms with van der Waals surface area (Å²) in [6, 6.07) is 0. The second-order valence-electron chi connectivity index (χ2n) is 6.04. The van der Waals surface area contributed by atoms with Gasteiger partial charge in [-0.15, -0.1) is 0 Å². The number of hydrogen-bond donors (Lipinski definition) is 1. The normalized spacial score (nSPS) is 16.9. The molecule has 0 bridgehead atoms. The zero-order valence-corrected chi connectivity index (χ0v) is 11.7. The summed E-state index contributed by atoms with van der Waals surface area (Å²) in [5.41, 5.74) is 1.27. The highest BCUT2D eigenvalue weighted by Crippen LogP contribution is 2.15. The first-order valence-corrected chi connectivity index (χ1v) is 6.85. The van der Waals surface area contributed by atoms with E-state index < -0.39 is 0 Å². The molecule has 1 saturated heterocycles. The summed E-state index contributed by atoms with van der Waals surface area (Å²) in [7, 11) is 0. The minimum absolute atomic E-state index is 0.130. The van der Waals surface area contributed by atoms with Crippen LogP contribution in [0.4, 0.5) is 5.95 Å². The van der Waals surface area contributed by atoms with E-state index in [0.29, 0.717) is 0 Å². The van der Waals surface area contributed by atoms with Crippen LogP contribution in [0, 0.1) is 0 Å². The minimum Gasteiger partial charge on any atom is -0.341 e. The van der Waals surface area contributed by atoms with Gasteiger partial charge in [0.2, 0.25) is 5.95 Å². The SMILES string of the molecule is CC(C)(C)NCc1cnc(N2CCCCC2)nc1. The second kappa shape index (κ2) is 5.65. The third kappa shape index (κ3) is 3.95. The van der Waals surface area contributed by atoms with Gasteiger partial charge in [0.1, 0.15) is 0 Å². The van der Waals surface area contributed by atoms with Crippen molar-refractivity contribution in [2.75, 3.05) is 18.0 Å². The quantitative estimate of drug-likeness (QED) is 0.891. The van der Waals surface area contributed by atoms with Gasteiger partial charge in [-0.05, 0) is 40.0 Å². The Morgan fingerprint density at radius 1 is 1.11 bits per heavy atom. The average molecular weight is 248 g/mol. The Balaban J connectivity index is 1.92. The van der Waals surface area contributed by atoms with Crippen molar-refractivity contribution in [3.05, 3.63) is 18.0 Å². The van der Waals surface area contributed by atoms with E-state index in [-0.39, 0.29) is 5.54 Å². The van der Waals surface area contributed by atoms with Crippen molar-refractivity contribution < 1.29 is 0 Å². The topological polar surface area (TPSA) is 41.1 Å². The Bertz CT molecular complexity index is 360. The van der Waals surface area contributed by atoms with Gasteiger partial charge in [0, 0.05) is 43.1 Å². The van der Waals surface area contributed by atoms with Crippen molar-refractivity contribution >= 4 is 5.95 Å². The fourth-order valence-electron chi connectivity index (χ4n) is 2.06. The summed E-state index contributed by atoms with van der Waals surface area (Å²) in [6.45, 7) is 9.50. The number of piperidine rings is 1. The number of hydrogen-bond acceptors (Lipinski definition) is 4. The van der Waals surface area contributed by atoms with Crippen molar-refractivity contribution in [3.63, 3.8) is 0 Å². The Hall–Kier alpha value is -1.16. The molecule has 1 fully saturated rings. The summed E-state index contributed by atoms with van der Waals surface area (Å²) < 4.78 is 0. The molecule has 1 aliphatic heterocycles.